The minimum atomic E-state index is -0.436. The quantitative estimate of drug-likeness (QED) is 0.568. The first kappa shape index (κ1) is 9.47. The van der Waals surface area contributed by atoms with E-state index >= 15 is 0 Å². The Morgan fingerprint density at radius 2 is 2.00 bits per heavy atom. The SMILES string of the molecule is [NH-]CCNc1ccc([N+](=O)[O-])cc1. The normalized spacial score (nSPS) is 9.62. The lowest BCUT2D eigenvalue weighted by Crippen LogP contribution is -2.02. The van der Waals surface area contributed by atoms with Crippen LogP contribution in [0.2, 0.25) is 0 Å². The molecule has 5 nitrogen and oxygen atoms in total. The standard InChI is InChI=1S/C8H10N3O2/c9-5-6-10-7-1-3-8(4-2-7)11(12)13/h1-4,9-10H,5-6H2/q-1. The van der Waals surface area contributed by atoms with Crippen LogP contribution in [0.25, 0.3) is 5.73 Å². The van der Waals surface area contributed by atoms with Crippen molar-refractivity contribution in [2.45, 2.75) is 0 Å². The Bertz CT molecular complexity index is 284. The van der Waals surface area contributed by atoms with E-state index in [1.165, 1.54) is 12.1 Å². The fourth-order valence-electron chi connectivity index (χ4n) is 0.908. The van der Waals surface area contributed by atoms with Gasteiger partial charge in [-0.1, -0.05) is 0 Å². The van der Waals surface area contributed by atoms with Crippen molar-refractivity contribution < 1.29 is 4.92 Å². The summed E-state index contributed by atoms with van der Waals surface area (Å²) < 4.78 is 0. The lowest BCUT2D eigenvalue weighted by atomic mass is 10.3. The molecule has 1 aromatic carbocycles. The van der Waals surface area contributed by atoms with E-state index in [1.54, 1.807) is 12.1 Å². The molecule has 0 unspecified atom stereocenters. The number of non-ortho nitro benzene ring substituents is 1. The maximum atomic E-state index is 10.3. The van der Waals surface area contributed by atoms with Gasteiger partial charge in [0.25, 0.3) is 5.69 Å². The Kier molecular flexibility index (Phi) is 3.22. The van der Waals surface area contributed by atoms with Crippen LogP contribution in [-0.2, 0) is 0 Å². The Morgan fingerprint density at radius 3 is 2.46 bits per heavy atom. The summed E-state index contributed by atoms with van der Waals surface area (Å²) in [6.45, 7) is 0.842. The van der Waals surface area contributed by atoms with E-state index in [9.17, 15) is 10.1 Å². The van der Waals surface area contributed by atoms with Crippen molar-refractivity contribution in [3.05, 3.63) is 40.1 Å². The highest BCUT2D eigenvalue weighted by atomic mass is 16.6. The molecule has 0 saturated carbocycles. The van der Waals surface area contributed by atoms with Gasteiger partial charge < -0.3 is 11.1 Å². The minimum Gasteiger partial charge on any atom is -0.676 e. The molecular weight excluding hydrogens is 170 g/mol. The monoisotopic (exact) mass is 180 g/mol. The van der Waals surface area contributed by atoms with Crippen LogP contribution >= 0.6 is 0 Å². The Labute approximate surface area is 75.7 Å². The van der Waals surface area contributed by atoms with Gasteiger partial charge in [0.15, 0.2) is 0 Å². The predicted molar refractivity (Wildman–Crippen MR) is 50.8 cm³/mol. The van der Waals surface area contributed by atoms with E-state index in [-0.39, 0.29) is 12.2 Å². The molecule has 0 aromatic heterocycles. The zero-order valence-electron chi connectivity index (χ0n) is 6.99. The molecule has 70 valence electrons. The van der Waals surface area contributed by atoms with E-state index < -0.39 is 4.92 Å². The molecule has 0 bridgehead atoms. The number of anilines is 1. The van der Waals surface area contributed by atoms with Gasteiger partial charge in [0, 0.05) is 17.8 Å². The van der Waals surface area contributed by atoms with E-state index in [0.717, 1.165) is 5.69 Å². The summed E-state index contributed by atoms with van der Waals surface area (Å²) in [5.41, 5.74) is 7.78. The summed E-state index contributed by atoms with van der Waals surface area (Å²) in [7, 11) is 0. The zero-order valence-corrected chi connectivity index (χ0v) is 6.99. The lowest BCUT2D eigenvalue weighted by Gasteiger charge is -2.05. The predicted octanol–water partition coefficient (Wildman–Crippen LogP) is 2.06. The fraction of sp³-hybridized carbons (Fsp3) is 0.250. The van der Waals surface area contributed by atoms with Gasteiger partial charge >= 0.3 is 0 Å². The third kappa shape index (κ3) is 2.72. The summed E-state index contributed by atoms with van der Waals surface area (Å²) >= 11 is 0. The smallest absolute Gasteiger partial charge is 0.269 e. The molecule has 0 aliphatic carbocycles. The van der Waals surface area contributed by atoms with Crippen LogP contribution in [0, 0.1) is 10.1 Å². The topological polar surface area (TPSA) is 79.0 Å². The van der Waals surface area contributed by atoms with Gasteiger partial charge in [-0.05, 0) is 18.7 Å². The molecule has 0 heterocycles. The Morgan fingerprint density at radius 1 is 1.38 bits per heavy atom. The number of rotatable bonds is 4. The van der Waals surface area contributed by atoms with Crippen LogP contribution < -0.4 is 5.32 Å². The number of nitrogens with one attached hydrogen (secondary N) is 2. The molecule has 0 saturated heterocycles. The van der Waals surface area contributed by atoms with Crippen LogP contribution in [0.3, 0.4) is 0 Å². The van der Waals surface area contributed by atoms with Crippen molar-refractivity contribution in [1.29, 1.82) is 0 Å². The first-order valence-electron chi connectivity index (χ1n) is 3.87. The summed E-state index contributed by atoms with van der Waals surface area (Å²) in [6, 6.07) is 6.14. The summed E-state index contributed by atoms with van der Waals surface area (Å²) in [4.78, 5) is 9.85. The van der Waals surface area contributed by atoms with E-state index in [4.69, 9.17) is 5.73 Å². The summed E-state index contributed by atoms with van der Waals surface area (Å²) in [5.74, 6) is 0. The molecule has 0 amide bonds. The van der Waals surface area contributed by atoms with Gasteiger partial charge in [-0.15, -0.1) is 6.54 Å². The Balaban J connectivity index is 2.64. The molecule has 5 heteroatoms. The first-order valence-corrected chi connectivity index (χ1v) is 3.87. The molecule has 0 spiro atoms. The van der Waals surface area contributed by atoms with Crippen LogP contribution in [-0.4, -0.2) is 18.0 Å². The van der Waals surface area contributed by atoms with Crippen LogP contribution in [0.4, 0.5) is 11.4 Å². The van der Waals surface area contributed by atoms with Crippen LogP contribution in [0.1, 0.15) is 0 Å². The number of nitrogens with zero attached hydrogens (tertiary/aromatic N) is 1. The molecule has 0 atom stereocenters. The number of benzene rings is 1. The highest BCUT2D eigenvalue weighted by molar-refractivity contribution is 5.48. The molecule has 0 aliphatic rings. The van der Waals surface area contributed by atoms with Gasteiger partial charge in [0.05, 0.1) is 4.92 Å². The van der Waals surface area contributed by atoms with Crippen molar-refractivity contribution in [3.63, 3.8) is 0 Å². The number of hydrogen-bond acceptors (Lipinski definition) is 3. The van der Waals surface area contributed by atoms with E-state index in [2.05, 4.69) is 5.32 Å². The number of nitro benzene ring substituents is 1. The van der Waals surface area contributed by atoms with Gasteiger partial charge in [-0.25, -0.2) is 0 Å². The second kappa shape index (κ2) is 4.42. The summed E-state index contributed by atoms with van der Waals surface area (Å²) in [6.07, 6.45) is 0. The first-order chi connectivity index (χ1) is 6.24. The van der Waals surface area contributed by atoms with Crippen molar-refractivity contribution in [3.8, 4) is 0 Å². The number of nitro groups is 1. The van der Waals surface area contributed by atoms with Crippen LogP contribution in [0.5, 0.6) is 0 Å². The lowest BCUT2D eigenvalue weighted by molar-refractivity contribution is -0.384. The molecular formula is C8H10N3O2-. The van der Waals surface area contributed by atoms with Gasteiger partial charge in [-0.3, -0.25) is 10.1 Å². The maximum absolute atomic E-state index is 10.3. The second-order valence-electron chi connectivity index (χ2n) is 2.48. The molecule has 1 aromatic rings. The molecule has 13 heavy (non-hydrogen) atoms. The van der Waals surface area contributed by atoms with Crippen molar-refractivity contribution in [2.24, 2.45) is 0 Å². The molecule has 0 fully saturated rings. The molecule has 0 radical (unpaired) electrons. The second-order valence-corrected chi connectivity index (χ2v) is 2.48. The molecule has 2 N–H and O–H groups in total. The molecule has 0 aliphatic heterocycles. The zero-order chi connectivity index (χ0) is 9.68. The van der Waals surface area contributed by atoms with Crippen LogP contribution in [0.15, 0.2) is 24.3 Å². The highest BCUT2D eigenvalue weighted by Gasteiger charge is 2.02. The summed E-state index contributed by atoms with van der Waals surface area (Å²) in [5, 5.41) is 13.2. The fourth-order valence-corrected chi connectivity index (χ4v) is 0.908. The minimum absolute atomic E-state index is 0.0800. The maximum Gasteiger partial charge on any atom is 0.269 e. The van der Waals surface area contributed by atoms with Gasteiger partial charge in [0.2, 0.25) is 0 Å². The van der Waals surface area contributed by atoms with E-state index in [1.807, 2.05) is 0 Å². The number of hydrogen-bond donors (Lipinski definition) is 1. The highest BCUT2D eigenvalue weighted by Crippen LogP contribution is 2.14. The van der Waals surface area contributed by atoms with E-state index in [0.29, 0.717) is 6.54 Å². The van der Waals surface area contributed by atoms with Gasteiger partial charge in [0.1, 0.15) is 0 Å². The molecule has 1 rings (SSSR count). The third-order valence-corrected chi connectivity index (χ3v) is 1.53. The van der Waals surface area contributed by atoms with Gasteiger partial charge in [-0.2, -0.15) is 0 Å². The third-order valence-electron chi connectivity index (χ3n) is 1.53. The average molecular weight is 180 g/mol. The Hall–Kier alpha value is -1.62. The van der Waals surface area contributed by atoms with Crippen molar-refractivity contribution in [1.82, 2.24) is 0 Å². The largest absolute Gasteiger partial charge is 0.676 e. The average Bonchev–Trinajstić information content (AvgIpc) is 2.15. The van der Waals surface area contributed by atoms with Crippen molar-refractivity contribution in [2.75, 3.05) is 18.4 Å². The van der Waals surface area contributed by atoms with Crippen molar-refractivity contribution >= 4 is 11.4 Å².